The summed E-state index contributed by atoms with van der Waals surface area (Å²) in [4.78, 5) is 22.6. The van der Waals surface area contributed by atoms with Gasteiger partial charge in [0, 0.05) is 23.9 Å². The third kappa shape index (κ3) is 4.33. The van der Waals surface area contributed by atoms with Crippen molar-refractivity contribution in [1.29, 1.82) is 0 Å². The van der Waals surface area contributed by atoms with Crippen LogP contribution in [-0.2, 0) is 0 Å². The predicted molar refractivity (Wildman–Crippen MR) is 96.9 cm³/mol. The topological polar surface area (TPSA) is 90.7 Å². The molecule has 0 heterocycles. The molecular formula is C19H19FN2O5. The van der Waals surface area contributed by atoms with Crippen molar-refractivity contribution in [2.24, 2.45) is 0 Å². The van der Waals surface area contributed by atoms with Crippen LogP contribution in [0.2, 0.25) is 0 Å². The Morgan fingerprint density at radius 1 is 1.19 bits per heavy atom. The number of nitro benzene ring substituents is 1. The number of hydrogen-bond acceptors (Lipinski definition) is 5. The van der Waals surface area contributed by atoms with Gasteiger partial charge in [-0.25, -0.2) is 4.39 Å². The van der Waals surface area contributed by atoms with E-state index in [4.69, 9.17) is 9.47 Å². The van der Waals surface area contributed by atoms with Crippen LogP contribution in [0, 0.1) is 15.9 Å². The number of benzene rings is 2. The zero-order valence-corrected chi connectivity index (χ0v) is 14.7. The van der Waals surface area contributed by atoms with Gasteiger partial charge in [0.05, 0.1) is 23.7 Å². The van der Waals surface area contributed by atoms with E-state index in [1.165, 1.54) is 37.4 Å². The number of methoxy groups -OCH3 is 1. The van der Waals surface area contributed by atoms with Crippen LogP contribution < -0.4 is 14.8 Å². The Kier molecular flexibility index (Phi) is 5.54. The largest absolute Gasteiger partial charge is 0.493 e. The number of halogens is 1. The van der Waals surface area contributed by atoms with Gasteiger partial charge in [-0.05, 0) is 43.9 Å². The summed E-state index contributed by atoms with van der Waals surface area (Å²) in [7, 11) is 1.41. The van der Waals surface area contributed by atoms with Crippen LogP contribution in [0.4, 0.5) is 15.8 Å². The molecule has 0 radical (unpaired) electrons. The number of anilines is 1. The van der Waals surface area contributed by atoms with Gasteiger partial charge in [0.15, 0.2) is 11.5 Å². The van der Waals surface area contributed by atoms with Gasteiger partial charge in [0.2, 0.25) is 0 Å². The standard InChI is InChI=1S/C19H19FN2O5/c1-26-17-11-16(20)15(10-18(17)27-14-4-2-3-5-14)19(23)21-12-6-8-13(9-7-12)22(24)25/h6-11,14H,2-5H2,1H3,(H,21,23). The van der Waals surface area contributed by atoms with Gasteiger partial charge in [0.1, 0.15) is 5.82 Å². The maximum absolute atomic E-state index is 14.4. The number of non-ortho nitro benzene ring substituents is 1. The van der Waals surface area contributed by atoms with Crippen LogP contribution in [0.3, 0.4) is 0 Å². The van der Waals surface area contributed by atoms with E-state index >= 15 is 0 Å². The average Bonchev–Trinajstić information content (AvgIpc) is 3.16. The number of nitro groups is 1. The van der Waals surface area contributed by atoms with Crippen molar-refractivity contribution in [1.82, 2.24) is 0 Å². The molecule has 1 N–H and O–H groups in total. The summed E-state index contributed by atoms with van der Waals surface area (Å²) >= 11 is 0. The lowest BCUT2D eigenvalue weighted by molar-refractivity contribution is -0.384. The fraction of sp³-hybridized carbons (Fsp3) is 0.316. The van der Waals surface area contributed by atoms with E-state index in [1.54, 1.807) is 0 Å². The molecule has 142 valence electrons. The maximum Gasteiger partial charge on any atom is 0.269 e. The second-order valence-electron chi connectivity index (χ2n) is 6.27. The summed E-state index contributed by atoms with van der Waals surface area (Å²) in [5.41, 5.74) is 0.0251. The minimum atomic E-state index is -0.745. The Hall–Kier alpha value is -3.16. The highest BCUT2D eigenvalue weighted by Crippen LogP contribution is 2.34. The average molecular weight is 374 g/mol. The fourth-order valence-corrected chi connectivity index (χ4v) is 3.01. The number of hydrogen-bond donors (Lipinski definition) is 1. The van der Waals surface area contributed by atoms with Gasteiger partial charge in [-0.2, -0.15) is 0 Å². The van der Waals surface area contributed by atoms with Crippen LogP contribution in [0.1, 0.15) is 36.0 Å². The summed E-state index contributed by atoms with van der Waals surface area (Å²) in [6.07, 6.45) is 3.98. The van der Waals surface area contributed by atoms with Crippen LogP contribution in [-0.4, -0.2) is 24.0 Å². The first-order valence-corrected chi connectivity index (χ1v) is 8.58. The molecular weight excluding hydrogens is 355 g/mol. The number of ether oxygens (including phenoxy) is 2. The van der Waals surface area contributed by atoms with Gasteiger partial charge in [-0.3, -0.25) is 14.9 Å². The van der Waals surface area contributed by atoms with Crippen LogP contribution >= 0.6 is 0 Å². The highest BCUT2D eigenvalue weighted by Gasteiger charge is 2.22. The van der Waals surface area contributed by atoms with E-state index in [2.05, 4.69) is 5.32 Å². The minimum absolute atomic E-state index is 0.0231. The smallest absolute Gasteiger partial charge is 0.269 e. The maximum atomic E-state index is 14.4. The third-order valence-electron chi connectivity index (χ3n) is 4.43. The van der Waals surface area contributed by atoms with E-state index in [9.17, 15) is 19.3 Å². The zero-order chi connectivity index (χ0) is 19.4. The predicted octanol–water partition coefficient (Wildman–Crippen LogP) is 4.32. The minimum Gasteiger partial charge on any atom is -0.493 e. The number of carbonyl (C=O) groups is 1. The van der Waals surface area contributed by atoms with Gasteiger partial charge in [-0.15, -0.1) is 0 Å². The van der Waals surface area contributed by atoms with Crippen molar-refractivity contribution in [2.45, 2.75) is 31.8 Å². The molecule has 0 aliphatic heterocycles. The molecule has 0 unspecified atom stereocenters. The summed E-state index contributed by atoms with van der Waals surface area (Å²) in [5, 5.41) is 13.2. The monoisotopic (exact) mass is 374 g/mol. The first-order chi connectivity index (χ1) is 13.0. The molecule has 0 saturated heterocycles. The lowest BCUT2D eigenvalue weighted by Crippen LogP contribution is -2.16. The molecule has 7 nitrogen and oxygen atoms in total. The van der Waals surface area contributed by atoms with Crippen LogP contribution in [0.5, 0.6) is 11.5 Å². The van der Waals surface area contributed by atoms with Crippen molar-refractivity contribution < 1.29 is 23.6 Å². The molecule has 1 saturated carbocycles. The van der Waals surface area contributed by atoms with Crippen LogP contribution in [0.25, 0.3) is 0 Å². The van der Waals surface area contributed by atoms with Gasteiger partial charge in [0.25, 0.3) is 11.6 Å². The summed E-state index contributed by atoms with van der Waals surface area (Å²) in [6, 6.07) is 7.73. The summed E-state index contributed by atoms with van der Waals surface area (Å²) in [5.74, 6) is -0.878. The van der Waals surface area contributed by atoms with E-state index in [1.807, 2.05) is 0 Å². The molecule has 1 amide bonds. The number of nitrogens with zero attached hydrogens (tertiary/aromatic N) is 1. The van der Waals surface area contributed by atoms with Crippen molar-refractivity contribution in [3.8, 4) is 11.5 Å². The van der Waals surface area contributed by atoms with Gasteiger partial charge >= 0.3 is 0 Å². The molecule has 8 heteroatoms. The molecule has 27 heavy (non-hydrogen) atoms. The van der Waals surface area contributed by atoms with Gasteiger partial charge in [-0.1, -0.05) is 0 Å². The second-order valence-corrected chi connectivity index (χ2v) is 6.27. The first kappa shape index (κ1) is 18.6. The van der Waals surface area contributed by atoms with E-state index < -0.39 is 16.6 Å². The highest BCUT2D eigenvalue weighted by atomic mass is 19.1. The molecule has 1 fully saturated rings. The second kappa shape index (κ2) is 8.03. The molecule has 0 spiro atoms. The molecule has 0 bridgehead atoms. The first-order valence-electron chi connectivity index (χ1n) is 8.58. The highest BCUT2D eigenvalue weighted by molar-refractivity contribution is 6.04. The Morgan fingerprint density at radius 2 is 1.85 bits per heavy atom. The number of amides is 1. The Labute approximate surface area is 155 Å². The van der Waals surface area contributed by atoms with E-state index in [-0.39, 0.29) is 23.1 Å². The van der Waals surface area contributed by atoms with Gasteiger partial charge < -0.3 is 14.8 Å². The molecule has 2 aromatic carbocycles. The fourth-order valence-electron chi connectivity index (χ4n) is 3.01. The molecule has 1 aliphatic carbocycles. The molecule has 0 aromatic heterocycles. The Balaban J connectivity index is 1.81. The number of nitrogens with one attached hydrogen (secondary N) is 1. The summed E-state index contributed by atoms with van der Waals surface area (Å²) < 4.78 is 25.4. The third-order valence-corrected chi connectivity index (χ3v) is 4.43. The quantitative estimate of drug-likeness (QED) is 0.601. The normalized spacial score (nSPS) is 14.0. The SMILES string of the molecule is COc1cc(F)c(C(=O)Nc2ccc([N+](=O)[O-])cc2)cc1OC1CCCC1. The van der Waals surface area contributed by atoms with Crippen molar-refractivity contribution >= 4 is 17.3 Å². The van der Waals surface area contributed by atoms with Crippen molar-refractivity contribution in [3.05, 3.63) is 57.9 Å². The molecule has 3 rings (SSSR count). The van der Waals surface area contributed by atoms with Crippen LogP contribution in [0.15, 0.2) is 36.4 Å². The lowest BCUT2D eigenvalue weighted by Gasteiger charge is -2.17. The zero-order valence-electron chi connectivity index (χ0n) is 14.7. The summed E-state index contributed by atoms with van der Waals surface area (Å²) in [6.45, 7) is 0. The lowest BCUT2D eigenvalue weighted by atomic mass is 10.1. The Morgan fingerprint density at radius 3 is 2.44 bits per heavy atom. The van der Waals surface area contributed by atoms with E-state index in [0.29, 0.717) is 11.4 Å². The number of carbonyl (C=O) groups excluding carboxylic acids is 1. The van der Waals surface area contributed by atoms with Crippen molar-refractivity contribution in [3.63, 3.8) is 0 Å². The number of rotatable bonds is 6. The van der Waals surface area contributed by atoms with Crippen molar-refractivity contribution in [2.75, 3.05) is 12.4 Å². The molecule has 0 atom stereocenters. The van der Waals surface area contributed by atoms with E-state index in [0.717, 1.165) is 31.7 Å². The Bertz CT molecular complexity index is 848. The molecule has 2 aromatic rings. The molecule has 1 aliphatic rings.